The maximum Gasteiger partial charge on any atom is 0.269 e. The van der Waals surface area contributed by atoms with Crippen molar-refractivity contribution in [3.8, 4) is 0 Å². The highest BCUT2D eigenvalue weighted by Gasteiger charge is 2.09. The van der Waals surface area contributed by atoms with Gasteiger partial charge in [-0.25, -0.2) is 0 Å². The Morgan fingerprint density at radius 1 is 1.20 bits per heavy atom. The topological polar surface area (TPSA) is 78.4 Å². The number of non-ortho nitro benzene ring substituents is 1. The van der Waals surface area contributed by atoms with Gasteiger partial charge in [-0.3, -0.25) is 10.1 Å². The van der Waals surface area contributed by atoms with Gasteiger partial charge in [0, 0.05) is 28.4 Å². The third-order valence-electron chi connectivity index (χ3n) is 2.75. The number of ether oxygens (including phenoxy) is 1. The largest absolute Gasteiger partial charge is 0.398 e. The van der Waals surface area contributed by atoms with Crippen molar-refractivity contribution in [2.24, 2.45) is 0 Å². The van der Waals surface area contributed by atoms with Crippen molar-refractivity contribution in [1.82, 2.24) is 0 Å². The van der Waals surface area contributed by atoms with Crippen molar-refractivity contribution < 1.29 is 9.66 Å². The summed E-state index contributed by atoms with van der Waals surface area (Å²) in [6.45, 7) is 0.572. The van der Waals surface area contributed by atoms with Gasteiger partial charge in [0.1, 0.15) is 0 Å². The lowest BCUT2D eigenvalue weighted by atomic mass is 10.1. The number of nitro benzene ring substituents is 1. The quantitative estimate of drug-likeness (QED) is 0.519. The van der Waals surface area contributed by atoms with Gasteiger partial charge in [-0.15, -0.1) is 0 Å². The molecular formula is C14H13ClN2O3. The van der Waals surface area contributed by atoms with Crippen LogP contribution in [0.3, 0.4) is 0 Å². The Bertz CT molecular complexity index is 632. The van der Waals surface area contributed by atoms with E-state index in [0.29, 0.717) is 22.9 Å². The average molecular weight is 293 g/mol. The Balaban J connectivity index is 2.00. The lowest BCUT2D eigenvalue weighted by Gasteiger charge is -2.07. The van der Waals surface area contributed by atoms with Crippen LogP contribution in [-0.2, 0) is 18.0 Å². The second-order valence-corrected chi connectivity index (χ2v) is 4.70. The molecule has 0 amide bonds. The van der Waals surface area contributed by atoms with Crippen molar-refractivity contribution in [1.29, 1.82) is 0 Å². The zero-order valence-electron chi connectivity index (χ0n) is 10.6. The molecule has 0 radical (unpaired) electrons. The van der Waals surface area contributed by atoms with Crippen LogP contribution in [0.15, 0.2) is 42.5 Å². The smallest absolute Gasteiger partial charge is 0.269 e. The molecule has 2 rings (SSSR count). The number of halogens is 1. The Morgan fingerprint density at radius 3 is 2.70 bits per heavy atom. The molecule has 6 heteroatoms. The zero-order valence-corrected chi connectivity index (χ0v) is 11.3. The van der Waals surface area contributed by atoms with Crippen molar-refractivity contribution >= 4 is 23.0 Å². The molecule has 0 aliphatic carbocycles. The molecule has 0 atom stereocenters. The van der Waals surface area contributed by atoms with Gasteiger partial charge in [0.15, 0.2) is 0 Å². The Kier molecular flexibility index (Phi) is 4.55. The van der Waals surface area contributed by atoms with Crippen LogP contribution in [-0.4, -0.2) is 4.92 Å². The molecule has 104 valence electrons. The number of hydrogen-bond donors (Lipinski definition) is 1. The van der Waals surface area contributed by atoms with E-state index in [2.05, 4.69) is 0 Å². The fourth-order valence-corrected chi connectivity index (χ4v) is 1.95. The Hall–Kier alpha value is -2.11. The molecule has 2 aromatic carbocycles. The van der Waals surface area contributed by atoms with E-state index >= 15 is 0 Å². The summed E-state index contributed by atoms with van der Waals surface area (Å²) in [6.07, 6.45) is 0. The number of rotatable bonds is 5. The van der Waals surface area contributed by atoms with Crippen LogP contribution in [0.2, 0.25) is 5.02 Å². The number of benzene rings is 2. The summed E-state index contributed by atoms with van der Waals surface area (Å²) in [6, 6.07) is 11.6. The van der Waals surface area contributed by atoms with Crippen LogP contribution in [0.4, 0.5) is 11.4 Å². The maximum absolute atomic E-state index is 10.7. The molecule has 2 N–H and O–H groups in total. The van der Waals surface area contributed by atoms with Crippen LogP contribution >= 0.6 is 11.6 Å². The first-order valence-corrected chi connectivity index (χ1v) is 6.29. The van der Waals surface area contributed by atoms with E-state index < -0.39 is 4.92 Å². The Morgan fingerprint density at radius 2 is 2.00 bits per heavy atom. The van der Waals surface area contributed by atoms with E-state index in [0.717, 1.165) is 5.56 Å². The van der Waals surface area contributed by atoms with Crippen molar-refractivity contribution in [2.75, 3.05) is 5.73 Å². The highest BCUT2D eigenvalue weighted by atomic mass is 35.5. The zero-order chi connectivity index (χ0) is 14.5. The fraction of sp³-hybridized carbons (Fsp3) is 0.143. The molecule has 0 aliphatic heterocycles. The van der Waals surface area contributed by atoms with Gasteiger partial charge in [-0.05, 0) is 23.8 Å². The van der Waals surface area contributed by atoms with Crippen molar-refractivity contribution in [3.05, 3.63) is 68.7 Å². The summed E-state index contributed by atoms with van der Waals surface area (Å²) in [4.78, 5) is 10.2. The van der Waals surface area contributed by atoms with E-state index in [1.54, 1.807) is 12.1 Å². The minimum atomic E-state index is -0.458. The van der Waals surface area contributed by atoms with Gasteiger partial charge >= 0.3 is 0 Å². The molecule has 5 nitrogen and oxygen atoms in total. The third-order valence-corrected chi connectivity index (χ3v) is 2.99. The molecule has 0 saturated carbocycles. The molecule has 0 unspecified atom stereocenters. The van der Waals surface area contributed by atoms with E-state index in [9.17, 15) is 10.1 Å². The van der Waals surface area contributed by atoms with E-state index in [1.165, 1.54) is 18.2 Å². The van der Waals surface area contributed by atoms with Crippen LogP contribution in [0.1, 0.15) is 11.1 Å². The molecular weight excluding hydrogens is 280 g/mol. The first kappa shape index (κ1) is 14.3. The minimum absolute atomic E-state index is 0.000514. The lowest BCUT2D eigenvalue weighted by molar-refractivity contribution is -0.384. The molecule has 0 spiro atoms. The second-order valence-electron chi connectivity index (χ2n) is 4.26. The molecule has 0 heterocycles. The first-order chi connectivity index (χ1) is 9.56. The number of nitro groups is 1. The second kappa shape index (κ2) is 6.36. The number of nitrogen functional groups attached to an aromatic ring is 1. The standard InChI is InChI=1S/C14H13ClN2O3/c15-12-3-1-2-10(6-12)8-20-9-11-7-13(17(18)19)4-5-14(11)16/h1-7H,8-9,16H2. The van der Waals surface area contributed by atoms with Crippen LogP contribution < -0.4 is 5.73 Å². The van der Waals surface area contributed by atoms with Crippen molar-refractivity contribution in [2.45, 2.75) is 13.2 Å². The summed E-state index contributed by atoms with van der Waals surface area (Å²) in [5, 5.41) is 11.3. The predicted octanol–water partition coefficient (Wildman–Crippen LogP) is 3.55. The van der Waals surface area contributed by atoms with Crippen LogP contribution in [0.5, 0.6) is 0 Å². The number of nitrogens with zero attached hydrogens (tertiary/aromatic N) is 1. The molecule has 2 aromatic rings. The van der Waals surface area contributed by atoms with Gasteiger partial charge in [-0.2, -0.15) is 0 Å². The Labute approximate surface area is 121 Å². The highest BCUT2D eigenvalue weighted by molar-refractivity contribution is 6.30. The predicted molar refractivity (Wildman–Crippen MR) is 77.5 cm³/mol. The monoisotopic (exact) mass is 292 g/mol. The minimum Gasteiger partial charge on any atom is -0.398 e. The fourth-order valence-electron chi connectivity index (χ4n) is 1.74. The van der Waals surface area contributed by atoms with E-state index in [4.69, 9.17) is 22.1 Å². The first-order valence-electron chi connectivity index (χ1n) is 5.91. The van der Waals surface area contributed by atoms with E-state index in [-0.39, 0.29) is 12.3 Å². The van der Waals surface area contributed by atoms with Gasteiger partial charge in [0.25, 0.3) is 5.69 Å². The van der Waals surface area contributed by atoms with Crippen LogP contribution in [0.25, 0.3) is 0 Å². The van der Waals surface area contributed by atoms with Gasteiger partial charge in [-0.1, -0.05) is 23.7 Å². The molecule has 0 saturated heterocycles. The molecule has 0 bridgehead atoms. The average Bonchev–Trinajstić information content (AvgIpc) is 2.40. The summed E-state index contributed by atoms with van der Waals surface area (Å²) >= 11 is 5.87. The third kappa shape index (κ3) is 3.69. The normalized spacial score (nSPS) is 10.4. The molecule has 0 aliphatic rings. The molecule has 20 heavy (non-hydrogen) atoms. The number of hydrogen-bond acceptors (Lipinski definition) is 4. The van der Waals surface area contributed by atoms with Crippen molar-refractivity contribution in [3.63, 3.8) is 0 Å². The van der Waals surface area contributed by atoms with Gasteiger partial charge in [0.05, 0.1) is 18.1 Å². The molecule has 0 fully saturated rings. The summed E-state index contributed by atoms with van der Waals surface area (Å²) in [7, 11) is 0. The SMILES string of the molecule is Nc1ccc([N+](=O)[O-])cc1COCc1cccc(Cl)c1. The lowest BCUT2D eigenvalue weighted by Crippen LogP contribution is -2.00. The highest BCUT2D eigenvalue weighted by Crippen LogP contribution is 2.21. The number of nitrogens with two attached hydrogens (primary N) is 1. The van der Waals surface area contributed by atoms with E-state index in [1.807, 2.05) is 12.1 Å². The summed E-state index contributed by atoms with van der Waals surface area (Å²) < 4.78 is 5.52. The maximum atomic E-state index is 10.7. The van der Waals surface area contributed by atoms with Gasteiger partial charge < -0.3 is 10.5 Å². The molecule has 0 aromatic heterocycles. The summed E-state index contributed by atoms with van der Waals surface area (Å²) in [5.41, 5.74) is 7.77. The van der Waals surface area contributed by atoms with Crippen LogP contribution in [0, 0.1) is 10.1 Å². The number of anilines is 1. The van der Waals surface area contributed by atoms with Gasteiger partial charge in [0.2, 0.25) is 0 Å². The summed E-state index contributed by atoms with van der Waals surface area (Å²) in [5.74, 6) is 0.